The highest BCUT2D eigenvalue weighted by molar-refractivity contribution is 5.93. The van der Waals surface area contributed by atoms with Gasteiger partial charge in [0.25, 0.3) is 5.56 Å². The number of nitrogens with two attached hydrogens (primary N) is 1. The summed E-state index contributed by atoms with van der Waals surface area (Å²) < 4.78 is 6.77. The van der Waals surface area contributed by atoms with Gasteiger partial charge < -0.3 is 20.1 Å². The predicted molar refractivity (Wildman–Crippen MR) is 113 cm³/mol. The molecule has 0 radical (unpaired) electrons. The molecule has 2 aliphatic rings. The summed E-state index contributed by atoms with van der Waals surface area (Å²) in [7, 11) is 0. The van der Waals surface area contributed by atoms with Crippen molar-refractivity contribution in [1.29, 1.82) is 0 Å². The van der Waals surface area contributed by atoms with Gasteiger partial charge in [0.1, 0.15) is 6.61 Å². The van der Waals surface area contributed by atoms with Gasteiger partial charge in [-0.25, -0.2) is 9.78 Å². The van der Waals surface area contributed by atoms with Gasteiger partial charge in [-0.2, -0.15) is 0 Å². The summed E-state index contributed by atoms with van der Waals surface area (Å²) in [6.07, 6.45) is 3.96. The van der Waals surface area contributed by atoms with Gasteiger partial charge in [0.05, 0.1) is 29.0 Å². The zero-order valence-corrected chi connectivity index (χ0v) is 16.5. The standard InChI is InChI=1S/C23H21N3O4/c1-2-23(29)17-10-19-20-15(11-26(19)21(27)16(17)12-30-22(23)28)13(7-5-9-24)14-6-3-4-8-18(14)25-20/h3-8,10,29H,2,9,11-12,24H2,1H3/b7-5+/t23-/m0/s1. The van der Waals surface area contributed by atoms with Crippen LogP contribution >= 0.6 is 0 Å². The number of fused-ring (bicyclic) bond motifs is 5. The van der Waals surface area contributed by atoms with Crippen LogP contribution in [0.3, 0.4) is 0 Å². The number of carbonyl (C=O) groups excluding carboxylic acids is 1. The zero-order valence-electron chi connectivity index (χ0n) is 16.5. The van der Waals surface area contributed by atoms with E-state index in [1.165, 1.54) is 0 Å². The molecule has 0 fully saturated rings. The quantitative estimate of drug-likeness (QED) is 0.507. The number of ether oxygens (including phenoxy) is 1. The number of cyclic esters (lactones) is 1. The third-order valence-corrected chi connectivity index (χ3v) is 6.06. The van der Waals surface area contributed by atoms with Crippen molar-refractivity contribution >= 4 is 22.9 Å². The van der Waals surface area contributed by atoms with Gasteiger partial charge in [-0.15, -0.1) is 0 Å². The molecule has 0 spiro atoms. The molecule has 0 saturated heterocycles. The highest BCUT2D eigenvalue weighted by atomic mass is 16.6. The van der Waals surface area contributed by atoms with Crippen LogP contribution in [-0.4, -0.2) is 27.2 Å². The maximum absolute atomic E-state index is 13.3. The molecule has 0 saturated carbocycles. The average Bonchev–Trinajstić information content (AvgIpc) is 3.13. The SMILES string of the molecule is CC[C@@]1(O)C(=O)OCc2c1cc1n(c2=O)Cc2c-1nc1ccccc1c2/C=C/CN. The van der Waals surface area contributed by atoms with E-state index in [4.69, 9.17) is 15.5 Å². The summed E-state index contributed by atoms with van der Waals surface area (Å²) >= 11 is 0. The Morgan fingerprint density at radius 3 is 2.87 bits per heavy atom. The monoisotopic (exact) mass is 403 g/mol. The second-order valence-corrected chi connectivity index (χ2v) is 7.61. The molecule has 7 heteroatoms. The lowest BCUT2D eigenvalue weighted by Crippen LogP contribution is -2.44. The van der Waals surface area contributed by atoms with E-state index in [2.05, 4.69) is 0 Å². The number of pyridine rings is 2. The molecule has 1 atom stereocenters. The number of rotatable bonds is 3. The largest absolute Gasteiger partial charge is 0.458 e. The lowest BCUT2D eigenvalue weighted by Gasteiger charge is -2.31. The second kappa shape index (κ2) is 6.62. The molecule has 0 bridgehead atoms. The summed E-state index contributed by atoms with van der Waals surface area (Å²) in [5, 5.41) is 12.0. The molecule has 0 amide bonds. The topological polar surface area (TPSA) is 107 Å². The van der Waals surface area contributed by atoms with Crippen molar-refractivity contribution in [2.24, 2.45) is 5.73 Å². The van der Waals surface area contributed by atoms with E-state index >= 15 is 0 Å². The number of aliphatic hydroxyl groups is 1. The summed E-state index contributed by atoms with van der Waals surface area (Å²) in [4.78, 5) is 30.4. The molecule has 30 heavy (non-hydrogen) atoms. The first-order valence-corrected chi connectivity index (χ1v) is 9.95. The summed E-state index contributed by atoms with van der Waals surface area (Å²) in [6, 6.07) is 9.52. The van der Waals surface area contributed by atoms with E-state index in [1.807, 2.05) is 36.4 Å². The number of hydrogen-bond acceptors (Lipinski definition) is 6. The number of nitrogens with zero attached hydrogens (tertiary/aromatic N) is 2. The smallest absolute Gasteiger partial charge is 0.343 e. The second-order valence-electron chi connectivity index (χ2n) is 7.61. The van der Waals surface area contributed by atoms with Crippen LogP contribution in [-0.2, 0) is 28.3 Å². The fraction of sp³-hybridized carbons (Fsp3) is 0.261. The Bertz CT molecular complexity index is 1310. The van der Waals surface area contributed by atoms with Crippen molar-refractivity contribution < 1.29 is 14.6 Å². The van der Waals surface area contributed by atoms with E-state index in [1.54, 1.807) is 17.6 Å². The Kier molecular flexibility index (Phi) is 4.13. The van der Waals surface area contributed by atoms with Crippen molar-refractivity contribution in [3.63, 3.8) is 0 Å². The van der Waals surface area contributed by atoms with Crippen LogP contribution in [0.25, 0.3) is 28.4 Å². The molecule has 1 aromatic carbocycles. The van der Waals surface area contributed by atoms with Crippen LogP contribution in [0.2, 0.25) is 0 Å². The van der Waals surface area contributed by atoms with Crippen LogP contribution in [0.15, 0.2) is 41.2 Å². The van der Waals surface area contributed by atoms with Crippen molar-refractivity contribution in [2.75, 3.05) is 6.54 Å². The molecule has 0 aliphatic carbocycles. The minimum Gasteiger partial charge on any atom is -0.458 e. The zero-order chi connectivity index (χ0) is 21.0. The van der Waals surface area contributed by atoms with E-state index in [9.17, 15) is 14.7 Å². The minimum atomic E-state index is -1.83. The number of hydrogen-bond donors (Lipinski definition) is 2. The molecule has 4 heterocycles. The van der Waals surface area contributed by atoms with Crippen LogP contribution in [0.4, 0.5) is 0 Å². The van der Waals surface area contributed by atoms with Crippen molar-refractivity contribution in [3.05, 3.63) is 69.0 Å². The molecule has 7 nitrogen and oxygen atoms in total. The van der Waals surface area contributed by atoms with Gasteiger partial charge in [0.2, 0.25) is 0 Å². The maximum Gasteiger partial charge on any atom is 0.343 e. The van der Waals surface area contributed by atoms with E-state index in [0.29, 0.717) is 35.6 Å². The van der Waals surface area contributed by atoms with Crippen molar-refractivity contribution in [3.8, 4) is 11.4 Å². The molecular weight excluding hydrogens is 382 g/mol. The van der Waals surface area contributed by atoms with Gasteiger partial charge in [-0.05, 0) is 24.1 Å². The first-order chi connectivity index (χ1) is 14.5. The number of esters is 1. The Morgan fingerprint density at radius 2 is 2.10 bits per heavy atom. The number of benzene rings is 1. The minimum absolute atomic E-state index is 0.115. The maximum atomic E-state index is 13.3. The molecule has 2 aliphatic heterocycles. The van der Waals surface area contributed by atoms with Gasteiger partial charge in [-0.1, -0.05) is 37.3 Å². The van der Waals surface area contributed by atoms with Gasteiger partial charge in [0, 0.05) is 23.1 Å². The fourth-order valence-electron chi connectivity index (χ4n) is 4.44. The Morgan fingerprint density at radius 1 is 1.30 bits per heavy atom. The molecule has 5 rings (SSSR count). The molecular formula is C23H21N3O4. The Labute approximate surface area is 172 Å². The van der Waals surface area contributed by atoms with E-state index < -0.39 is 11.6 Å². The van der Waals surface area contributed by atoms with Gasteiger partial charge >= 0.3 is 5.97 Å². The lowest BCUT2D eigenvalue weighted by atomic mass is 9.86. The molecule has 152 valence electrons. The third-order valence-electron chi connectivity index (χ3n) is 6.06. The third kappa shape index (κ3) is 2.42. The first kappa shape index (κ1) is 18.7. The Balaban J connectivity index is 1.83. The summed E-state index contributed by atoms with van der Waals surface area (Å²) in [5.74, 6) is -0.724. The van der Waals surface area contributed by atoms with E-state index in [0.717, 1.165) is 22.0 Å². The summed E-state index contributed by atoms with van der Waals surface area (Å²) in [6.45, 7) is 2.31. The number of para-hydroxylation sites is 1. The fourth-order valence-corrected chi connectivity index (χ4v) is 4.44. The van der Waals surface area contributed by atoms with E-state index in [-0.39, 0.29) is 18.6 Å². The normalized spacial score (nSPS) is 19.6. The van der Waals surface area contributed by atoms with Crippen LogP contribution < -0.4 is 11.3 Å². The van der Waals surface area contributed by atoms with Crippen molar-refractivity contribution in [1.82, 2.24) is 9.55 Å². The lowest BCUT2D eigenvalue weighted by molar-refractivity contribution is -0.172. The first-order valence-electron chi connectivity index (χ1n) is 9.95. The molecule has 3 aromatic rings. The predicted octanol–water partition coefficient (Wildman–Crippen LogP) is 2.05. The van der Waals surface area contributed by atoms with Crippen molar-refractivity contribution in [2.45, 2.75) is 32.1 Å². The molecule has 3 N–H and O–H groups in total. The van der Waals surface area contributed by atoms with Gasteiger partial charge in [-0.3, -0.25) is 4.79 Å². The van der Waals surface area contributed by atoms with Gasteiger partial charge in [0.15, 0.2) is 5.60 Å². The average molecular weight is 403 g/mol. The molecule has 2 aromatic heterocycles. The highest BCUT2D eigenvalue weighted by Crippen LogP contribution is 2.40. The van der Waals surface area contributed by atoms with Crippen LogP contribution in [0, 0.1) is 0 Å². The number of aromatic nitrogens is 2. The number of carbonyl (C=O) groups is 1. The Hall–Kier alpha value is -3.29. The van der Waals surface area contributed by atoms with Crippen LogP contribution in [0.1, 0.15) is 35.6 Å². The van der Waals surface area contributed by atoms with Crippen LogP contribution in [0.5, 0.6) is 0 Å². The molecule has 0 unspecified atom stereocenters. The highest BCUT2D eigenvalue weighted by Gasteiger charge is 2.45. The summed E-state index contributed by atoms with van der Waals surface area (Å²) in [5.41, 5.74) is 8.21.